The molecular formula is C11H16N2O5S. The normalized spacial score (nSPS) is 22.0. The maximum Gasteiger partial charge on any atom is 0.332 e. The zero-order valence-corrected chi connectivity index (χ0v) is 11.6. The maximum atomic E-state index is 11.9. The first kappa shape index (κ1) is 15.5. The minimum absolute atomic E-state index is 0.0520. The van der Waals surface area contributed by atoms with Crippen molar-refractivity contribution >= 4 is 34.8 Å². The second-order valence-corrected chi connectivity index (χ2v) is 5.05. The summed E-state index contributed by atoms with van der Waals surface area (Å²) in [6.45, 7) is 3.66. The van der Waals surface area contributed by atoms with Crippen LogP contribution < -0.4 is 5.32 Å². The van der Waals surface area contributed by atoms with E-state index in [-0.39, 0.29) is 31.2 Å². The highest BCUT2D eigenvalue weighted by atomic mass is 32.2. The summed E-state index contributed by atoms with van der Waals surface area (Å²) in [5.41, 5.74) is 0. The minimum atomic E-state index is -1.56. The van der Waals surface area contributed by atoms with E-state index >= 15 is 0 Å². The zero-order valence-electron chi connectivity index (χ0n) is 10.8. The molecular weight excluding hydrogens is 272 g/mol. The van der Waals surface area contributed by atoms with Crippen LogP contribution in [0.4, 0.5) is 0 Å². The summed E-state index contributed by atoms with van der Waals surface area (Å²) in [4.78, 5) is 35.2. The second-order valence-electron chi connectivity index (χ2n) is 3.74. The molecule has 0 spiro atoms. The van der Waals surface area contributed by atoms with Crippen molar-refractivity contribution in [3.8, 4) is 0 Å². The first-order valence-electron chi connectivity index (χ1n) is 5.88. The fraction of sp³-hybridized carbons (Fsp3) is 0.636. The molecule has 1 aliphatic heterocycles. The summed E-state index contributed by atoms with van der Waals surface area (Å²) < 4.78 is 8.08. The first-order valence-corrected chi connectivity index (χ1v) is 6.69. The topological polar surface area (TPSA) is 106 Å². The Hall–Kier alpha value is -1.57. The number of carbonyl (C=O) groups excluding carboxylic acids is 3. The summed E-state index contributed by atoms with van der Waals surface area (Å²) >= 11 is 0.770. The average Bonchev–Trinajstić information content (AvgIpc) is 2.63. The Morgan fingerprint density at radius 1 is 1.32 bits per heavy atom. The van der Waals surface area contributed by atoms with Gasteiger partial charge in [-0.05, 0) is 20.3 Å². The van der Waals surface area contributed by atoms with E-state index in [0.29, 0.717) is 0 Å². The third-order valence-electron chi connectivity index (χ3n) is 2.46. The van der Waals surface area contributed by atoms with Crippen molar-refractivity contribution in [1.29, 1.82) is 5.41 Å². The number of ether oxygens (including phenoxy) is 2. The second kappa shape index (κ2) is 6.55. The van der Waals surface area contributed by atoms with Crippen LogP contribution in [0.5, 0.6) is 0 Å². The predicted octanol–water partition coefficient (Wildman–Crippen LogP) is 0.429. The Labute approximate surface area is 114 Å². The Morgan fingerprint density at radius 2 is 1.95 bits per heavy atom. The fourth-order valence-corrected chi connectivity index (χ4v) is 2.59. The van der Waals surface area contributed by atoms with E-state index < -0.39 is 22.6 Å². The van der Waals surface area contributed by atoms with Crippen LogP contribution in [0.15, 0.2) is 0 Å². The van der Waals surface area contributed by atoms with Crippen molar-refractivity contribution in [2.24, 2.45) is 0 Å². The molecule has 0 aromatic carbocycles. The van der Waals surface area contributed by atoms with E-state index in [0.717, 1.165) is 11.8 Å². The summed E-state index contributed by atoms with van der Waals surface area (Å²) in [5, 5.41) is 9.57. The van der Waals surface area contributed by atoms with Crippen LogP contribution in [0.2, 0.25) is 0 Å². The molecule has 0 radical (unpaired) electrons. The third-order valence-corrected chi connectivity index (χ3v) is 3.67. The number of amidine groups is 1. The van der Waals surface area contributed by atoms with Crippen LogP contribution in [0.25, 0.3) is 0 Å². The summed E-state index contributed by atoms with van der Waals surface area (Å²) in [6.07, 6.45) is -0.135. The number of carbonyl (C=O) groups is 3. The van der Waals surface area contributed by atoms with Crippen LogP contribution in [-0.2, 0) is 23.9 Å². The molecule has 1 fully saturated rings. The molecule has 1 heterocycles. The molecule has 0 aromatic rings. The number of rotatable bonds is 6. The Balaban J connectivity index is 2.82. The molecule has 0 saturated carbocycles. The number of hydrogen-bond donors (Lipinski definition) is 2. The van der Waals surface area contributed by atoms with Crippen molar-refractivity contribution in [3.63, 3.8) is 0 Å². The van der Waals surface area contributed by atoms with Gasteiger partial charge in [0.25, 0.3) is 5.91 Å². The van der Waals surface area contributed by atoms with E-state index in [1.807, 2.05) is 0 Å². The molecule has 2 N–H and O–H groups in total. The zero-order chi connectivity index (χ0) is 14.5. The first-order chi connectivity index (χ1) is 8.96. The van der Waals surface area contributed by atoms with Crippen LogP contribution in [0.3, 0.4) is 0 Å². The maximum absolute atomic E-state index is 11.9. The smallest absolute Gasteiger partial charge is 0.332 e. The van der Waals surface area contributed by atoms with E-state index in [1.165, 1.54) is 0 Å². The molecule has 1 amide bonds. The molecule has 1 atom stereocenters. The van der Waals surface area contributed by atoms with E-state index in [9.17, 15) is 14.4 Å². The Bertz CT molecular complexity index is 412. The molecule has 106 valence electrons. The van der Waals surface area contributed by atoms with Crippen molar-refractivity contribution in [1.82, 2.24) is 5.32 Å². The largest absolute Gasteiger partial charge is 0.466 e. The molecule has 8 heteroatoms. The van der Waals surface area contributed by atoms with E-state index in [1.54, 1.807) is 13.8 Å². The molecule has 1 unspecified atom stereocenters. The highest BCUT2D eigenvalue weighted by Crippen LogP contribution is 2.37. The summed E-state index contributed by atoms with van der Waals surface area (Å²) in [6, 6.07) is 0. The number of amides is 1. The Kier molecular flexibility index (Phi) is 5.34. The molecule has 1 rings (SSSR count). The molecule has 0 aliphatic carbocycles. The standard InChI is InChI=1S/C11H16N2O5S/c1-3-17-7(14)5-6-11(9(16)18-4-2)8(15)13-10(12)19-11/h3-6H2,1-2H3,(H2,12,13,15). The quantitative estimate of drug-likeness (QED) is 0.542. The van der Waals surface area contributed by atoms with Gasteiger partial charge < -0.3 is 14.8 Å². The number of hydrogen-bond acceptors (Lipinski definition) is 7. The van der Waals surface area contributed by atoms with Crippen LogP contribution in [0, 0.1) is 5.41 Å². The predicted molar refractivity (Wildman–Crippen MR) is 68.7 cm³/mol. The van der Waals surface area contributed by atoms with Crippen molar-refractivity contribution < 1.29 is 23.9 Å². The monoisotopic (exact) mass is 288 g/mol. The van der Waals surface area contributed by atoms with Gasteiger partial charge in [0.2, 0.25) is 0 Å². The lowest BCUT2D eigenvalue weighted by atomic mass is 10.0. The van der Waals surface area contributed by atoms with Gasteiger partial charge in [0, 0.05) is 6.42 Å². The molecule has 1 aliphatic rings. The summed E-state index contributed by atoms with van der Waals surface area (Å²) in [5.74, 6) is -1.84. The van der Waals surface area contributed by atoms with Gasteiger partial charge >= 0.3 is 11.9 Å². The van der Waals surface area contributed by atoms with Gasteiger partial charge in [-0.1, -0.05) is 11.8 Å². The van der Waals surface area contributed by atoms with Gasteiger partial charge in [-0.2, -0.15) is 0 Å². The van der Waals surface area contributed by atoms with Crippen molar-refractivity contribution in [3.05, 3.63) is 0 Å². The lowest BCUT2D eigenvalue weighted by molar-refractivity contribution is -0.150. The lowest BCUT2D eigenvalue weighted by Crippen LogP contribution is -2.45. The van der Waals surface area contributed by atoms with Gasteiger partial charge in [0.05, 0.1) is 13.2 Å². The molecule has 19 heavy (non-hydrogen) atoms. The minimum Gasteiger partial charge on any atom is -0.466 e. The third kappa shape index (κ3) is 3.46. The van der Waals surface area contributed by atoms with Crippen molar-refractivity contribution in [2.45, 2.75) is 31.4 Å². The van der Waals surface area contributed by atoms with Crippen molar-refractivity contribution in [2.75, 3.05) is 13.2 Å². The van der Waals surface area contributed by atoms with Crippen LogP contribution >= 0.6 is 11.8 Å². The van der Waals surface area contributed by atoms with Gasteiger partial charge in [-0.15, -0.1) is 0 Å². The molecule has 0 aromatic heterocycles. The Morgan fingerprint density at radius 3 is 2.42 bits per heavy atom. The number of thioether (sulfide) groups is 1. The lowest BCUT2D eigenvalue weighted by Gasteiger charge is -2.21. The highest BCUT2D eigenvalue weighted by molar-refractivity contribution is 8.16. The number of esters is 2. The SMILES string of the molecule is CCOC(=O)CCC1(C(=O)OCC)SC(=N)NC1=O. The molecule has 7 nitrogen and oxygen atoms in total. The molecule has 0 bridgehead atoms. The molecule has 1 saturated heterocycles. The fourth-order valence-electron chi connectivity index (χ4n) is 1.61. The van der Waals surface area contributed by atoms with Gasteiger partial charge in [-0.25, -0.2) is 4.79 Å². The highest BCUT2D eigenvalue weighted by Gasteiger charge is 2.54. The summed E-state index contributed by atoms with van der Waals surface area (Å²) in [7, 11) is 0. The van der Waals surface area contributed by atoms with Gasteiger partial charge in [-0.3, -0.25) is 15.0 Å². The number of nitrogens with one attached hydrogen (secondary N) is 2. The average molecular weight is 288 g/mol. The van der Waals surface area contributed by atoms with Gasteiger partial charge in [0.15, 0.2) is 9.91 Å². The van der Waals surface area contributed by atoms with Crippen LogP contribution in [0.1, 0.15) is 26.7 Å². The van der Waals surface area contributed by atoms with Gasteiger partial charge in [0.1, 0.15) is 0 Å². The van der Waals surface area contributed by atoms with E-state index in [4.69, 9.17) is 14.9 Å². The van der Waals surface area contributed by atoms with Crippen LogP contribution in [-0.4, -0.2) is 41.0 Å². The van der Waals surface area contributed by atoms with E-state index in [2.05, 4.69) is 5.32 Å².